The van der Waals surface area contributed by atoms with Gasteiger partial charge in [0.15, 0.2) is 0 Å². The van der Waals surface area contributed by atoms with Crippen LogP contribution in [0.25, 0.3) is 0 Å². The van der Waals surface area contributed by atoms with Crippen molar-refractivity contribution >= 4 is 33.2 Å². The van der Waals surface area contributed by atoms with E-state index in [4.69, 9.17) is 11.6 Å². The minimum atomic E-state index is -3.42. The van der Waals surface area contributed by atoms with Crippen LogP contribution < -0.4 is 10.0 Å². The summed E-state index contributed by atoms with van der Waals surface area (Å²) in [5, 5.41) is 13.0. The maximum absolute atomic E-state index is 11.7. The fourth-order valence-electron chi connectivity index (χ4n) is 1.30. The fourth-order valence-corrected chi connectivity index (χ4v) is 2.06. The first-order valence-corrected chi connectivity index (χ1v) is 7.43. The molecule has 0 aliphatic rings. The molecular formula is C10H12ClN3O5S. The molecule has 1 amide bonds. The molecule has 0 saturated heterocycles. The smallest absolute Gasteiger partial charge is 0.288 e. The highest BCUT2D eigenvalue weighted by molar-refractivity contribution is 7.89. The molecule has 0 aromatic heterocycles. The summed E-state index contributed by atoms with van der Waals surface area (Å²) in [5.74, 6) is -0.902. The number of hydrogen-bond donors (Lipinski definition) is 2. The van der Waals surface area contributed by atoms with Crippen LogP contribution in [0.1, 0.15) is 10.4 Å². The molecule has 0 radical (unpaired) electrons. The number of nitro groups is 1. The first-order chi connectivity index (χ1) is 9.26. The predicted molar refractivity (Wildman–Crippen MR) is 73.3 cm³/mol. The lowest BCUT2D eigenvalue weighted by atomic mass is 10.2. The zero-order valence-electron chi connectivity index (χ0n) is 10.4. The molecule has 110 valence electrons. The largest absolute Gasteiger partial charge is 0.351 e. The Balaban J connectivity index is 2.74. The molecule has 0 atom stereocenters. The number of halogens is 1. The highest BCUT2D eigenvalue weighted by atomic mass is 35.5. The third-order valence-corrected chi connectivity index (χ3v) is 4.06. The van der Waals surface area contributed by atoms with Crippen LogP contribution in [-0.4, -0.2) is 38.6 Å². The second-order valence-electron chi connectivity index (χ2n) is 3.70. The normalized spacial score (nSPS) is 11.1. The number of benzene rings is 1. The molecule has 10 heteroatoms. The van der Waals surface area contributed by atoms with Gasteiger partial charge in [0.25, 0.3) is 11.6 Å². The van der Waals surface area contributed by atoms with Crippen molar-refractivity contribution in [3.05, 3.63) is 38.9 Å². The van der Waals surface area contributed by atoms with E-state index >= 15 is 0 Å². The summed E-state index contributed by atoms with van der Waals surface area (Å²) in [6.07, 6.45) is 0. The van der Waals surface area contributed by atoms with Gasteiger partial charge in [-0.3, -0.25) is 14.9 Å². The maximum atomic E-state index is 11.7. The first kappa shape index (κ1) is 16.3. The van der Waals surface area contributed by atoms with Gasteiger partial charge < -0.3 is 5.32 Å². The Morgan fingerprint density at radius 2 is 2.10 bits per heavy atom. The number of amides is 1. The van der Waals surface area contributed by atoms with Gasteiger partial charge in [-0.15, -0.1) is 0 Å². The Bertz CT molecular complexity index is 632. The summed E-state index contributed by atoms with van der Waals surface area (Å²) < 4.78 is 24.4. The van der Waals surface area contributed by atoms with E-state index in [1.54, 1.807) is 0 Å². The number of sulfonamides is 1. The van der Waals surface area contributed by atoms with Crippen LogP contribution in [0.3, 0.4) is 0 Å². The number of hydrogen-bond acceptors (Lipinski definition) is 5. The van der Waals surface area contributed by atoms with Crippen molar-refractivity contribution in [3.8, 4) is 0 Å². The van der Waals surface area contributed by atoms with E-state index < -0.39 is 20.9 Å². The third kappa shape index (κ3) is 4.44. The van der Waals surface area contributed by atoms with E-state index in [1.807, 2.05) is 0 Å². The summed E-state index contributed by atoms with van der Waals surface area (Å²) in [6.45, 7) is -0.113. The van der Waals surface area contributed by atoms with Crippen LogP contribution >= 0.6 is 11.6 Å². The topological polar surface area (TPSA) is 118 Å². The number of nitro benzene ring substituents is 1. The van der Waals surface area contributed by atoms with E-state index in [-0.39, 0.29) is 28.6 Å². The van der Waals surface area contributed by atoms with Gasteiger partial charge >= 0.3 is 0 Å². The van der Waals surface area contributed by atoms with Gasteiger partial charge in [0, 0.05) is 18.2 Å². The van der Waals surface area contributed by atoms with Crippen LogP contribution in [0.2, 0.25) is 5.02 Å². The van der Waals surface area contributed by atoms with Gasteiger partial charge in [-0.05, 0) is 19.2 Å². The highest BCUT2D eigenvalue weighted by Gasteiger charge is 2.16. The molecule has 1 rings (SSSR count). The van der Waals surface area contributed by atoms with Crippen LogP contribution in [-0.2, 0) is 10.0 Å². The van der Waals surface area contributed by atoms with E-state index in [2.05, 4.69) is 10.0 Å². The van der Waals surface area contributed by atoms with Gasteiger partial charge in [0.2, 0.25) is 10.0 Å². The van der Waals surface area contributed by atoms with Crippen LogP contribution in [0.4, 0.5) is 5.69 Å². The standard InChI is InChI=1S/C10H12ClN3O5S/c1-12-20(18,19)5-4-13-10(15)7-2-3-8(11)9(6-7)14(16)17/h2-3,6,12H,4-5H2,1H3,(H,13,15). The average Bonchev–Trinajstić information content (AvgIpc) is 2.38. The predicted octanol–water partition coefficient (Wildman–Crippen LogP) is 0.527. The Morgan fingerprint density at radius 1 is 1.45 bits per heavy atom. The fraction of sp³-hybridized carbons (Fsp3) is 0.300. The molecule has 0 bridgehead atoms. The molecule has 20 heavy (non-hydrogen) atoms. The Morgan fingerprint density at radius 3 is 2.65 bits per heavy atom. The lowest BCUT2D eigenvalue weighted by molar-refractivity contribution is -0.384. The van der Waals surface area contributed by atoms with Gasteiger partial charge in [-0.1, -0.05) is 11.6 Å². The molecule has 0 heterocycles. The number of rotatable bonds is 6. The number of nitrogens with zero attached hydrogens (tertiary/aromatic N) is 1. The van der Waals surface area contributed by atoms with Gasteiger partial charge in [0.05, 0.1) is 10.7 Å². The highest BCUT2D eigenvalue weighted by Crippen LogP contribution is 2.24. The molecule has 1 aromatic carbocycles. The molecule has 0 unspecified atom stereocenters. The molecule has 2 N–H and O–H groups in total. The molecule has 1 aromatic rings. The van der Waals surface area contributed by atoms with Crippen LogP contribution in [0.15, 0.2) is 18.2 Å². The lowest BCUT2D eigenvalue weighted by Gasteiger charge is -2.06. The van der Waals surface area contributed by atoms with Crippen molar-refractivity contribution in [1.29, 1.82) is 0 Å². The van der Waals surface area contributed by atoms with Gasteiger partial charge in [-0.25, -0.2) is 13.1 Å². The number of carbonyl (C=O) groups excluding carboxylic acids is 1. The second kappa shape index (κ2) is 6.64. The lowest BCUT2D eigenvalue weighted by Crippen LogP contribution is -2.32. The van der Waals surface area contributed by atoms with E-state index in [0.717, 1.165) is 6.07 Å². The molecule has 0 saturated carbocycles. The zero-order chi connectivity index (χ0) is 15.3. The summed E-state index contributed by atoms with van der Waals surface area (Å²) >= 11 is 5.62. The van der Waals surface area contributed by atoms with Crippen molar-refractivity contribution in [2.75, 3.05) is 19.3 Å². The van der Waals surface area contributed by atoms with Gasteiger partial charge in [-0.2, -0.15) is 0 Å². The van der Waals surface area contributed by atoms with E-state index in [0.29, 0.717) is 0 Å². The van der Waals surface area contributed by atoms with Crippen molar-refractivity contribution in [1.82, 2.24) is 10.0 Å². The third-order valence-electron chi connectivity index (χ3n) is 2.37. The van der Waals surface area contributed by atoms with Crippen LogP contribution in [0, 0.1) is 10.1 Å². The number of carbonyl (C=O) groups is 1. The molecule has 8 nitrogen and oxygen atoms in total. The van der Waals surface area contributed by atoms with Crippen molar-refractivity contribution in [2.45, 2.75) is 0 Å². The Kier molecular flexibility index (Phi) is 5.43. The second-order valence-corrected chi connectivity index (χ2v) is 6.16. The van der Waals surface area contributed by atoms with Crippen molar-refractivity contribution in [3.63, 3.8) is 0 Å². The minimum Gasteiger partial charge on any atom is -0.351 e. The van der Waals surface area contributed by atoms with Crippen molar-refractivity contribution in [2.24, 2.45) is 0 Å². The molecule has 0 spiro atoms. The Hall–Kier alpha value is -1.71. The van der Waals surface area contributed by atoms with Crippen LogP contribution in [0.5, 0.6) is 0 Å². The SMILES string of the molecule is CNS(=O)(=O)CCNC(=O)c1ccc(Cl)c([N+](=O)[O-])c1. The zero-order valence-corrected chi connectivity index (χ0v) is 12.0. The maximum Gasteiger partial charge on any atom is 0.288 e. The monoisotopic (exact) mass is 321 g/mol. The first-order valence-electron chi connectivity index (χ1n) is 5.40. The van der Waals surface area contributed by atoms with E-state index in [9.17, 15) is 23.3 Å². The Labute approximate surface area is 120 Å². The van der Waals surface area contributed by atoms with Crippen molar-refractivity contribution < 1.29 is 18.1 Å². The summed E-state index contributed by atoms with van der Waals surface area (Å²) in [7, 11) is -2.16. The number of nitrogens with one attached hydrogen (secondary N) is 2. The van der Waals surface area contributed by atoms with E-state index in [1.165, 1.54) is 19.2 Å². The quantitative estimate of drug-likeness (QED) is 0.585. The minimum absolute atomic E-state index is 0.0305. The molecule has 0 aliphatic heterocycles. The summed E-state index contributed by atoms with van der Waals surface area (Å²) in [5.41, 5.74) is -0.356. The van der Waals surface area contributed by atoms with Gasteiger partial charge in [0.1, 0.15) is 5.02 Å². The molecule has 0 fully saturated rings. The summed E-state index contributed by atoms with van der Waals surface area (Å²) in [4.78, 5) is 21.7. The molecule has 0 aliphatic carbocycles. The average molecular weight is 322 g/mol. The summed E-state index contributed by atoms with van der Waals surface area (Å²) in [6, 6.07) is 3.58. The molecular weight excluding hydrogens is 310 g/mol.